The van der Waals surface area contributed by atoms with Crippen LogP contribution in [0.1, 0.15) is 16.1 Å². The van der Waals surface area contributed by atoms with Gasteiger partial charge in [-0.1, -0.05) is 0 Å². The fraction of sp³-hybridized carbons (Fsp3) is 0.500. The second-order valence-electron chi connectivity index (χ2n) is 4.87. The van der Waals surface area contributed by atoms with E-state index in [1.54, 1.807) is 6.92 Å². The van der Waals surface area contributed by atoms with Crippen LogP contribution < -0.4 is 0 Å². The third-order valence-electron chi connectivity index (χ3n) is 3.43. The minimum absolute atomic E-state index is 0.0890. The molecule has 1 N–H and O–H groups in total. The van der Waals surface area contributed by atoms with Gasteiger partial charge in [-0.05, 0) is 28.9 Å². The van der Waals surface area contributed by atoms with Crippen LogP contribution >= 0.6 is 15.9 Å². The van der Waals surface area contributed by atoms with Crippen LogP contribution in [0.2, 0.25) is 0 Å². The Morgan fingerprint density at radius 3 is 2.43 bits per heavy atom. The number of furan rings is 1. The zero-order valence-electron chi connectivity index (χ0n) is 10.8. The van der Waals surface area contributed by atoms with Crippen LogP contribution in [0.25, 0.3) is 0 Å². The molecule has 1 aromatic rings. The van der Waals surface area contributed by atoms with E-state index < -0.39 is 43.0 Å². The zero-order chi connectivity index (χ0) is 15.9. The van der Waals surface area contributed by atoms with Gasteiger partial charge >= 0.3 is 12.1 Å². The van der Waals surface area contributed by atoms with Gasteiger partial charge in [0.25, 0.3) is 5.91 Å². The molecule has 1 aliphatic heterocycles. The van der Waals surface area contributed by atoms with Gasteiger partial charge in [0.2, 0.25) is 0 Å². The van der Waals surface area contributed by atoms with Crippen LogP contribution in [0.15, 0.2) is 15.2 Å². The highest BCUT2D eigenvalue weighted by Gasteiger charge is 2.53. The molecule has 2 atom stereocenters. The third-order valence-corrected chi connectivity index (χ3v) is 3.82. The lowest BCUT2D eigenvalue weighted by atomic mass is 9.96. The van der Waals surface area contributed by atoms with E-state index in [0.29, 0.717) is 5.56 Å². The highest BCUT2D eigenvalue weighted by molar-refractivity contribution is 9.10. The number of hydrogen-bond donors (Lipinski definition) is 1. The summed E-state index contributed by atoms with van der Waals surface area (Å²) in [4.78, 5) is 24.0. The van der Waals surface area contributed by atoms with Crippen molar-refractivity contribution in [1.82, 2.24) is 4.90 Å². The first-order valence-electron chi connectivity index (χ1n) is 5.96. The topological polar surface area (TPSA) is 70.8 Å². The molecule has 1 aliphatic rings. The van der Waals surface area contributed by atoms with E-state index in [1.807, 2.05) is 0 Å². The zero-order valence-corrected chi connectivity index (χ0v) is 12.4. The molecule has 0 unspecified atom stereocenters. The molecule has 9 heteroatoms. The molecule has 2 heterocycles. The molecule has 1 fully saturated rings. The molecular weight excluding hydrogens is 359 g/mol. The van der Waals surface area contributed by atoms with Crippen LogP contribution in [-0.2, 0) is 4.79 Å². The van der Waals surface area contributed by atoms with Crippen LogP contribution in [0.5, 0.6) is 0 Å². The van der Waals surface area contributed by atoms with Crippen molar-refractivity contribution >= 4 is 27.8 Å². The Labute approximate surface area is 125 Å². The number of carbonyl (C=O) groups is 2. The number of carboxylic acid groups (broad SMARTS) is 1. The van der Waals surface area contributed by atoms with Crippen molar-refractivity contribution in [3.05, 3.63) is 22.1 Å². The number of alkyl halides is 3. The van der Waals surface area contributed by atoms with Crippen molar-refractivity contribution in [2.24, 2.45) is 11.8 Å². The minimum Gasteiger partial charge on any atom is -0.481 e. The first kappa shape index (κ1) is 15.9. The average molecular weight is 370 g/mol. The Bertz CT molecular complexity index is 584. The molecule has 0 bridgehead atoms. The fourth-order valence-corrected chi connectivity index (χ4v) is 2.86. The predicted octanol–water partition coefficient (Wildman–Crippen LogP) is 2.69. The van der Waals surface area contributed by atoms with E-state index >= 15 is 0 Å². The lowest BCUT2D eigenvalue weighted by Gasteiger charge is -2.18. The highest BCUT2D eigenvalue weighted by atomic mass is 79.9. The molecule has 116 valence electrons. The molecule has 0 radical (unpaired) electrons. The summed E-state index contributed by atoms with van der Waals surface area (Å²) in [6.07, 6.45) is -4.67. The Kier molecular flexibility index (Phi) is 4.05. The molecule has 5 nitrogen and oxygen atoms in total. The summed E-state index contributed by atoms with van der Waals surface area (Å²) in [5, 5.41) is 8.91. The minimum atomic E-state index is -4.67. The number of likely N-dealkylation sites (tertiary alicyclic amines) is 1. The van der Waals surface area contributed by atoms with Gasteiger partial charge in [0.1, 0.15) is 0 Å². The van der Waals surface area contributed by atoms with Gasteiger partial charge in [-0.2, -0.15) is 13.2 Å². The van der Waals surface area contributed by atoms with Crippen molar-refractivity contribution in [3.63, 3.8) is 0 Å². The van der Waals surface area contributed by atoms with Crippen LogP contribution in [0.3, 0.4) is 0 Å². The van der Waals surface area contributed by atoms with Gasteiger partial charge in [0.15, 0.2) is 10.4 Å². The predicted molar refractivity (Wildman–Crippen MR) is 67.7 cm³/mol. The molecule has 1 saturated heterocycles. The molecule has 0 spiro atoms. The maximum absolute atomic E-state index is 12.9. The fourth-order valence-electron chi connectivity index (χ4n) is 2.35. The number of aliphatic carboxylic acids is 1. The lowest BCUT2D eigenvalue weighted by molar-refractivity contribution is -0.187. The molecule has 21 heavy (non-hydrogen) atoms. The Hall–Kier alpha value is -1.51. The van der Waals surface area contributed by atoms with Crippen molar-refractivity contribution in [1.29, 1.82) is 0 Å². The summed E-state index contributed by atoms with van der Waals surface area (Å²) in [7, 11) is 0. The van der Waals surface area contributed by atoms with Gasteiger partial charge in [0.05, 0.1) is 11.8 Å². The van der Waals surface area contributed by atoms with E-state index in [2.05, 4.69) is 15.9 Å². The number of halogens is 4. The molecule has 0 saturated carbocycles. The van der Waals surface area contributed by atoms with Gasteiger partial charge in [-0.3, -0.25) is 9.59 Å². The number of amides is 1. The molecule has 0 aromatic carbocycles. The largest absolute Gasteiger partial charge is 0.481 e. The standard InChI is InChI=1S/C12H11BrF3NO4/c1-5-2-8(13)21-9(5)10(18)17-3-6(11(19)20)7(4-17)12(14,15)16/h2,6-7H,3-4H2,1H3,(H,19,20)/t6-,7-/m1/s1. The van der Waals surface area contributed by atoms with E-state index in [-0.39, 0.29) is 10.4 Å². The smallest absolute Gasteiger partial charge is 0.394 e. The van der Waals surface area contributed by atoms with E-state index in [1.165, 1.54) is 6.07 Å². The molecule has 1 amide bonds. The van der Waals surface area contributed by atoms with Crippen molar-refractivity contribution < 1.29 is 32.3 Å². The Balaban J connectivity index is 2.25. The first-order chi connectivity index (χ1) is 9.61. The summed E-state index contributed by atoms with van der Waals surface area (Å²) in [5.74, 6) is -6.12. The summed E-state index contributed by atoms with van der Waals surface area (Å²) < 4.78 is 44.0. The Morgan fingerprint density at radius 2 is 2.05 bits per heavy atom. The van der Waals surface area contributed by atoms with Crippen molar-refractivity contribution in [2.45, 2.75) is 13.1 Å². The van der Waals surface area contributed by atoms with Crippen molar-refractivity contribution in [2.75, 3.05) is 13.1 Å². The van der Waals surface area contributed by atoms with Crippen LogP contribution in [-0.4, -0.2) is 41.1 Å². The van der Waals surface area contributed by atoms with Gasteiger partial charge in [0, 0.05) is 18.7 Å². The summed E-state index contributed by atoms with van der Waals surface area (Å²) in [6, 6.07) is 1.51. The van der Waals surface area contributed by atoms with Crippen LogP contribution in [0.4, 0.5) is 13.2 Å². The maximum Gasteiger partial charge on any atom is 0.394 e. The summed E-state index contributed by atoms with van der Waals surface area (Å²) >= 11 is 3.03. The second kappa shape index (κ2) is 5.36. The summed E-state index contributed by atoms with van der Waals surface area (Å²) in [5.41, 5.74) is 0.467. The van der Waals surface area contributed by atoms with Crippen LogP contribution in [0, 0.1) is 18.8 Å². The maximum atomic E-state index is 12.9. The molecule has 1 aromatic heterocycles. The average Bonchev–Trinajstić information content (AvgIpc) is 2.91. The number of nitrogens with zero attached hydrogens (tertiary/aromatic N) is 1. The Morgan fingerprint density at radius 1 is 1.43 bits per heavy atom. The first-order valence-corrected chi connectivity index (χ1v) is 6.75. The second-order valence-corrected chi connectivity index (χ2v) is 5.65. The number of rotatable bonds is 2. The number of hydrogen-bond acceptors (Lipinski definition) is 3. The SMILES string of the molecule is Cc1cc(Br)oc1C(=O)N1C[C@@H](C(F)(F)F)[C@H](C(=O)O)C1. The van der Waals surface area contributed by atoms with E-state index in [4.69, 9.17) is 9.52 Å². The highest BCUT2D eigenvalue weighted by Crippen LogP contribution is 2.38. The van der Waals surface area contributed by atoms with E-state index in [9.17, 15) is 22.8 Å². The number of aryl methyl sites for hydroxylation is 1. The van der Waals surface area contributed by atoms with E-state index in [0.717, 1.165) is 4.90 Å². The van der Waals surface area contributed by atoms with Gasteiger partial charge < -0.3 is 14.4 Å². The monoisotopic (exact) mass is 369 g/mol. The third kappa shape index (κ3) is 3.07. The molecule has 2 rings (SSSR count). The molecular formula is C12H11BrF3NO4. The van der Waals surface area contributed by atoms with Crippen molar-refractivity contribution in [3.8, 4) is 0 Å². The lowest BCUT2D eigenvalue weighted by Crippen LogP contribution is -2.34. The normalized spacial score (nSPS) is 22.6. The number of carboxylic acids is 1. The quantitative estimate of drug-likeness (QED) is 0.869. The van der Waals surface area contributed by atoms with Gasteiger partial charge in [-0.25, -0.2) is 0 Å². The number of carbonyl (C=O) groups excluding carboxylic acids is 1. The molecule has 0 aliphatic carbocycles. The summed E-state index contributed by atoms with van der Waals surface area (Å²) in [6.45, 7) is 0.403. The van der Waals surface area contributed by atoms with Gasteiger partial charge in [-0.15, -0.1) is 0 Å².